The summed E-state index contributed by atoms with van der Waals surface area (Å²) in [5.74, 6) is 0.826. The molecule has 4 rings (SSSR count). The van der Waals surface area contributed by atoms with Gasteiger partial charge in [-0.1, -0.05) is 41.4 Å². The Balaban J connectivity index is 1.61. The van der Waals surface area contributed by atoms with E-state index in [0.29, 0.717) is 29.4 Å². The van der Waals surface area contributed by atoms with Crippen molar-refractivity contribution in [3.05, 3.63) is 63.6 Å². The van der Waals surface area contributed by atoms with Gasteiger partial charge in [-0.05, 0) is 74.7 Å². The average molecular weight is 491 g/mol. The molecule has 0 radical (unpaired) electrons. The normalized spacial score (nSPS) is 27.6. The van der Waals surface area contributed by atoms with Crippen LogP contribution in [-0.4, -0.2) is 66.8 Å². The van der Waals surface area contributed by atoms with Gasteiger partial charge in [-0.15, -0.1) is 0 Å². The summed E-state index contributed by atoms with van der Waals surface area (Å²) < 4.78 is 5.50. The van der Waals surface area contributed by atoms with Crippen LogP contribution in [0.15, 0.2) is 42.5 Å². The van der Waals surface area contributed by atoms with Gasteiger partial charge in [0.2, 0.25) is 5.91 Å². The van der Waals surface area contributed by atoms with Crippen molar-refractivity contribution in [3.8, 4) is 5.75 Å². The Hall–Kier alpha value is -1.79. The van der Waals surface area contributed by atoms with E-state index in [1.165, 1.54) is 0 Å². The molecule has 1 amide bonds. The second-order valence-corrected chi connectivity index (χ2v) is 10.5. The van der Waals surface area contributed by atoms with Crippen LogP contribution in [0.25, 0.3) is 0 Å². The zero-order valence-electron chi connectivity index (χ0n) is 19.5. The Morgan fingerprint density at radius 3 is 2.73 bits per heavy atom. The molecule has 3 atom stereocenters. The van der Waals surface area contributed by atoms with Gasteiger partial charge in [0, 0.05) is 25.0 Å². The minimum absolute atomic E-state index is 0.0372. The maximum atomic E-state index is 13.2. The van der Waals surface area contributed by atoms with Crippen molar-refractivity contribution in [2.24, 2.45) is 0 Å². The van der Waals surface area contributed by atoms with Gasteiger partial charge in [-0.3, -0.25) is 4.79 Å². The number of carbonyl (C=O) groups is 1. The van der Waals surface area contributed by atoms with E-state index in [0.717, 1.165) is 36.3 Å². The third kappa shape index (κ3) is 4.61. The lowest BCUT2D eigenvalue weighted by Gasteiger charge is -2.58. The second-order valence-electron chi connectivity index (χ2n) is 9.66. The molecule has 178 valence electrons. The van der Waals surface area contributed by atoms with Crippen molar-refractivity contribution in [2.75, 3.05) is 34.3 Å². The number of rotatable bonds is 5. The average Bonchev–Trinajstić information content (AvgIpc) is 2.80. The lowest BCUT2D eigenvalue weighted by atomic mass is 9.55. The molecule has 2 aromatic carbocycles. The molecule has 1 heterocycles. The first-order chi connectivity index (χ1) is 15.7. The Morgan fingerprint density at radius 2 is 2.00 bits per heavy atom. The molecule has 1 aliphatic heterocycles. The summed E-state index contributed by atoms with van der Waals surface area (Å²) in [6, 6.07) is 13.4. The van der Waals surface area contributed by atoms with Gasteiger partial charge in [-0.2, -0.15) is 0 Å². The minimum Gasteiger partial charge on any atom is -0.497 e. The number of piperidine rings is 1. The zero-order valence-corrected chi connectivity index (χ0v) is 21.0. The number of likely N-dealkylation sites (tertiary alicyclic amines) is 1. The second kappa shape index (κ2) is 9.46. The number of amides is 1. The van der Waals surface area contributed by atoms with Crippen molar-refractivity contribution in [1.82, 2.24) is 9.80 Å². The number of β-amino-alcohol motifs (C(OH)–C–C–N with tert-alkyl or cyclic N) is 1. The Bertz CT molecular complexity index is 1030. The van der Waals surface area contributed by atoms with Crippen molar-refractivity contribution in [3.63, 3.8) is 0 Å². The van der Waals surface area contributed by atoms with Crippen LogP contribution in [0, 0.1) is 0 Å². The predicted molar refractivity (Wildman–Crippen MR) is 132 cm³/mol. The van der Waals surface area contributed by atoms with E-state index in [2.05, 4.69) is 24.1 Å². The van der Waals surface area contributed by atoms with Gasteiger partial charge >= 0.3 is 0 Å². The van der Waals surface area contributed by atoms with Crippen LogP contribution < -0.4 is 4.74 Å². The van der Waals surface area contributed by atoms with Crippen LogP contribution in [-0.2, 0) is 16.6 Å². The van der Waals surface area contributed by atoms with Crippen molar-refractivity contribution in [2.45, 2.75) is 49.2 Å². The molecule has 0 bridgehead atoms. The van der Waals surface area contributed by atoms with E-state index in [1.54, 1.807) is 19.2 Å². The van der Waals surface area contributed by atoms with Crippen molar-refractivity contribution in [1.29, 1.82) is 0 Å². The monoisotopic (exact) mass is 490 g/mol. The number of carbonyl (C=O) groups excluding carboxylic acids is 1. The minimum atomic E-state index is -0.851. The van der Waals surface area contributed by atoms with Crippen LogP contribution in [0.1, 0.15) is 36.8 Å². The van der Waals surface area contributed by atoms with E-state index >= 15 is 0 Å². The SMILES string of the molecule is COc1cccc([C@@]23CCN(C)C[C@@]2(O)CC[C@H](N(C)C(=O)Cc2ccc(Cl)c(Cl)c2)C3)c1. The molecule has 1 N–H and O–H groups in total. The molecule has 2 fully saturated rings. The number of benzene rings is 2. The first-order valence-electron chi connectivity index (χ1n) is 11.4. The molecule has 2 aromatic rings. The van der Waals surface area contributed by atoms with Gasteiger partial charge in [0.25, 0.3) is 0 Å². The fourth-order valence-corrected chi connectivity index (χ4v) is 6.07. The largest absolute Gasteiger partial charge is 0.497 e. The van der Waals surface area contributed by atoms with Crippen LogP contribution in [0.5, 0.6) is 5.75 Å². The van der Waals surface area contributed by atoms with Crippen LogP contribution in [0.4, 0.5) is 0 Å². The third-order valence-electron chi connectivity index (χ3n) is 7.72. The number of ether oxygens (including phenoxy) is 1. The highest BCUT2D eigenvalue weighted by atomic mass is 35.5. The molecule has 0 spiro atoms. The first-order valence-corrected chi connectivity index (χ1v) is 12.2. The molecule has 2 aliphatic rings. The van der Waals surface area contributed by atoms with Gasteiger partial charge < -0.3 is 19.6 Å². The van der Waals surface area contributed by atoms with E-state index in [4.69, 9.17) is 27.9 Å². The molecule has 1 saturated carbocycles. The van der Waals surface area contributed by atoms with Gasteiger partial charge in [0.15, 0.2) is 0 Å². The quantitative estimate of drug-likeness (QED) is 0.667. The molecular formula is C26H32Cl2N2O3. The Kier molecular flexibility index (Phi) is 6.97. The Morgan fingerprint density at radius 1 is 1.21 bits per heavy atom. The maximum Gasteiger partial charge on any atom is 0.226 e. The number of hydrogen-bond donors (Lipinski definition) is 1. The number of hydrogen-bond acceptors (Lipinski definition) is 4. The van der Waals surface area contributed by atoms with Gasteiger partial charge in [0.05, 0.1) is 29.2 Å². The predicted octanol–water partition coefficient (Wildman–Crippen LogP) is 4.56. The number of fused-ring (bicyclic) bond motifs is 1. The highest BCUT2D eigenvalue weighted by Gasteiger charge is 2.57. The van der Waals surface area contributed by atoms with E-state index in [1.807, 2.05) is 30.1 Å². The fraction of sp³-hybridized carbons (Fsp3) is 0.500. The van der Waals surface area contributed by atoms with Crippen molar-refractivity contribution < 1.29 is 14.6 Å². The van der Waals surface area contributed by atoms with E-state index in [-0.39, 0.29) is 18.4 Å². The summed E-state index contributed by atoms with van der Waals surface area (Å²) in [4.78, 5) is 17.3. The molecule has 1 aliphatic carbocycles. The van der Waals surface area contributed by atoms with Crippen LogP contribution in [0.3, 0.4) is 0 Å². The molecule has 7 heteroatoms. The summed E-state index contributed by atoms with van der Waals surface area (Å²) in [5.41, 5.74) is 0.647. The molecule has 33 heavy (non-hydrogen) atoms. The smallest absolute Gasteiger partial charge is 0.226 e. The number of aliphatic hydroxyl groups is 1. The summed E-state index contributed by atoms with van der Waals surface area (Å²) in [7, 11) is 5.60. The first kappa shape index (κ1) is 24.3. The van der Waals surface area contributed by atoms with E-state index < -0.39 is 11.0 Å². The van der Waals surface area contributed by atoms with Crippen LogP contribution in [0.2, 0.25) is 10.0 Å². The standard InChI is InChI=1S/C26H32Cl2N2O3/c1-29-12-11-25(19-5-4-6-21(15-19)33-3)16-20(9-10-26(25,32)17-29)30(2)24(31)14-18-7-8-22(27)23(28)13-18/h4-8,13,15,20,32H,9-12,14,16-17H2,1-3H3/t20-,25-,26-/m0/s1. The van der Waals surface area contributed by atoms with Crippen LogP contribution >= 0.6 is 23.2 Å². The topological polar surface area (TPSA) is 53.0 Å². The number of likely N-dealkylation sites (N-methyl/N-ethyl adjacent to an activating group) is 2. The number of nitrogens with zero attached hydrogens (tertiary/aromatic N) is 2. The molecule has 0 unspecified atom stereocenters. The highest BCUT2D eigenvalue weighted by Crippen LogP contribution is 2.52. The van der Waals surface area contributed by atoms with Gasteiger partial charge in [0.1, 0.15) is 5.75 Å². The molecule has 0 aromatic heterocycles. The Labute approximate surface area is 206 Å². The lowest BCUT2D eigenvalue weighted by molar-refractivity contribution is -0.145. The lowest BCUT2D eigenvalue weighted by Crippen LogP contribution is -2.66. The highest BCUT2D eigenvalue weighted by molar-refractivity contribution is 6.42. The molecule has 5 nitrogen and oxygen atoms in total. The summed E-state index contributed by atoms with van der Waals surface area (Å²) in [6.07, 6.45) is 3.22. The van der Waals surface area contributed by atoms with Crippen molar-refractivity contribution >= 4 is 29.1 Å². The third-order valence-corrected chi connectivity index (χ3v) is 8.46. The zero-order chi connectivity index (χ0) is 23.8. The summed E-state index contributed by atoms with van der Waals surface area (Å²) in [6.45, 7) is 1.52. The maximum absolute atomic E-state index is 13.2. The summed E-state index contributed by atoms with van der Waals surface area (Å²) in [5, 5.41) is 12.9. The number of methoxy groups -OCH3 is 1. The molecule has 1 saturated heterocycles. The number of halogens is 2. The van der Waals surface area contributed by atoms with E-state index in [9.17, 15) is 9.90 Å². The van der Waals surface area contributed by atoms with Gasteiger partial charge in [-0.25, -0.2) is 0 Å². The fourth-order valence-electron chi connectivity index (χ4n) is 5.75. The molecular weight excluding hydrogens is 459 g/mol. The summed E-state index contributed by atoms with van der Waals surface area (Å²) >= 11 is 12.2.